The van der Waals surface area contributed by atoms with E-state index in [4.69, 9.17) is 0 Å². The molecule has 0 atom stereocenters. The third kappa shape index (κ3) is 4.49. The van der Waals surface area contributed by atoms with Crippen LogP contribution in [0.5, 0.6) is 0 Å². The first-order chi connectivity index (χ1) is 13.3. The van der Waals surface area contributed by atoms with Gasteiger partial charge >= 0.3 is 0 Å². The molecule has 0 radical (unpaired) electrons. The van der Waals surface area contributed by atoms with Crippen LogP contribution in [0.3, 0.4) is 0 Å². The van der Waals surface area contributed by atoms with Gasteiger partial charge in [0.15, 0.2) is 0 Å². The van der Waals surface area contributed by atoms with Crippen LogP contribution in [0.25, 0.3) is 0 Å². The number of hydrogen-bond donors (Lipinski definition) is 2. The fraction of sp³-hybridized carbons (Fsp3) is 0.190. The van der Waals surface area contributed by atoms with Crippen molar-refractivity contribution in [1.29, 1.82) is 0 Å². The number of halogens is 2. The Morgan fingerprint density at radius 2 is 1.64 bits per heavy atom. The number of carbonyl (C=O) groups excluding carboxylic acids is 1. The Hall–Kier alpha value is -3.35. The summed E-state index contributed by atoms with van der Waals surface area (Å²) in [7, 11) is 0. The molecular weight excluding hydrogens is 362 g/mol. The molecule has 5 nitrogen and oxygen atoms in total. The van der Waals surface area contributed by atoms with Gasteiger partial charge in [-0.2, -0.15) is 0 Å². The maximum atomic E-state index is 13.8. The summed E-state index contributed by atoms with van der Waals surface area (Å²) >= 11 is 0. The monoisotopic (exact) mass is 382 g/mol. The van der Waals surface area contributed by atoms with E-state index < -0.39 is 17.5 Å². The summed E-state index contributed by atoms with van der Waals surface area (Å²) in [6, 6.07) is 12.4. The Morgan fingerprint density at radius 3 is 2.25 bits per heavy atom. The van der Waals surface area contributed by atoms with Gasteiger partial charge < -0.3 is 10.6 Å². The number of aromatic nitrogens is 2. The molecule has 3 aromatic rings. The van der Waals surface area contributed by atoms with E-state index in [2.05, 4.69) is 34.4 Å². The molecule has 2 aromatic carbocycles. The van der Waals surface area contributed by atoms with E-state index in [1.807, 2.05) is 24.3 Å². The minimum atomic E-state index is -0.757. The number of nitrogens with one attached hydrogen (secondary N) is 2. The number of hydrogen-bond acceptors (Lipinski definition) is 4. The van der Waals surface area contributed by atoms with Crippen molar-refractivity contribution in [3.05, 3.63) is 77.2 Å². The molecule has 0 spiro atoms. The highest BCUT2D eigenvalue weighted by Crippen LogP contribution is 2.23. The predicted molar refractivity (Wildman–Crippen MR) is 105 cm³/mol. The molecule has 2 N–H and O–H groups in total. The fourth-order valence-corrected chi connectivity index (χ4v) is 2.64. The van der Waals surface area contributed by atoms with Crippen molar-refractivity contribution < 1.29 is 13.6 Å². The number of benzene rings is 2. The molecule has 0 saturated carbocycles. The van der Waals surface area contributed by atoms with E-state index in [0.717, 1.165) is 17.7 Å². The third-order valence-corrected chi connectivity index (χ3v) is 4.12. The van der Waals surface area contributed by atoms with Crippen LogP contribution >= 0.6 is 0 Å². The van der Waals surface area contributed by atoms with Crippen molar-refractivity contribution in [2.24, 2.45) is 0 Å². The molecule has 0 saturated heterocycles. The van der Waals surface area contributed by atoms with Crippen LogP contribution in [0.15, 0.2) is 48.5 Å². The molecule has 7 heteroatoms. The molecule has 1 aromatic heterocycles. The molecule has 28 heavy (non-hydrogen) atoms. The van der Waals surface area contributed by atoms with E-state index in [-0.39, 0.29) is 17.2 Å². The number of para-hydroxylation sites is 1. The molecule has 0 aliphatic rings. The molecule has 0 unspecified atom stereocenters. The topological polar surface area (TPSA) is 66.9 Å². The molecule has 3 rings (SSSR count). The SMILES string of the molecule is Cc1nc(Nc2c(F)cccc2F)cc(C(=O)Nc2ccc(C(C)C)cc2)n1. The van der Waals surface area contributed by atoms with Crippen molar-refractivity contribution in [1.82, 2.24) is 9.97 Å². The summed E-state index contributed by atoms with van der Waals surface area (Å²) in [6.45, 7) is 5.77. The average Bonchev–Trinajstić information content (AvgIpc) is 2.65. The van der Waals surface area contributed by atoms with E-state index in [9.17, 15) is 13.6 Å². The summed E-state index contributed by atoms with van der Waals surface area (Å²) in [5.41, 5.74) is 1.53. The van der Waals surface area contributed by atoms with E-state index in [1.165, 1.54) is 12.1 Å². The van der Waals surface area contributed by atoms with Crippen LogP contribution in [0.4, 0.5) is 26.0 Å². The van der Waals surface area contributed by atoms with Gasteiger partial charge in [0.25, 0.3) is 5.91 Å². The zero-order chi connectivity index (χ0) is 20.3. The lowest BCUT2D eigenvalue weighted by Gasteiger charge is -2.11. The maximum absolute atomic E-state index is 13.8. The number of amides is 1. The minimum absolute atomic E-state index is 0.0830. The molecule has 1 heterocycles. The summed E-state index contributed by atoms with van der Waals surface area (Å²) in [5.74, 6) is -1.15. The zero-order valence-corrected chi connectivity index (χ0v) is 15.8. The summed E-state index contributed by atoms with van der Waals surface area (Å²) in [5, 5.41) is 5.34. The highest BCUT2D eigenvalue weighted by molar-refractivity contribution is 6.03. The zero-order valence-electron chi connectivity index (χ0n) is 15.8. The fourth-order valence-electron chi connectivity index (χ4n) is 2.64. The predicted octanol–water partition coefficient (Wildman–Crippen LogP) is 5.18. The second kappa shape index (κ2) is 8.12. The van der Waals surface area contributed by atoms with Gasteiger partial charge in [-0.3, -0.25) is 4.79 Å². The molecule has 1 amide bonds. The van der Waals surface area contributed by atoms with E-state index in [1.54, 1.807) is 6.92 Å². The molecule has 0 aliphatic carbocycles. The maximum Gasteiger partial charge on any atom is 0.274 e. The average molecular weight is 382 g/mol. The largest absolute Gasteiger partial charge is 0.335 e. The molecular formula is C21H20F2N4O. The Morgan fingerprint density at radius 1 is 1.00 bits per heavy atom. The molecule has 0 aliphatic heterocycles. The quantitative estimate of drug-likeness (QED) is 0.638. The van der Waals surface area contributed by atoms with Gasteiger partial charge in [-0.05, 0) is 42.7 Å². The van der Waals surface area contributed by atoms with Crippen LogP contribution in [0.2, 0.25) is 0 Å². The highest BCUT2D eigenvalue weighted by Gasteiger charge is 2.14. The van der Waals surface area contributed by atoms with Crippen LogP contribution in [-0.4, -0.2) is 15.9 Å². The number of rotatable bonds is 5. The Labute approximate surface area is 161 Å². The van der Waals surface area contributed by atoms with Crippen LogP contribution in [0, 0.1) is 18.6 Å². The van der Waals surface area contributed by atoms with Crippen molar-refractivity contribution in [2.45, 2.75) is 26.7 Å². The molecule has 0 bridgehead atoms. The van der Waals surface area contributed by atoms with Crippen LogP contribution < -0.4 is 10.6 Å². The summed E-state index contributed by atoms with van der Waals surface area (Å²) in [6.07, 6.45) is 0. The second-order valence-electron chi connectivity index (χ2n) is 6.64. The van der Waals surface area contributed by atoms with Crippen LogP contribution in [-0.2, 0) is 0 Å². The lowest BCUT2D eigenvalue weighted by atomic mass is 10.0. The summed E-state index contributed by atoms with van der Waals surface area (Å²) < 4.78 is 27.7. The van der Waals surface area contributed by atoms with E-state index in [0.29, 0.717) is 17.4 Å². The first-order valence-corrected chi connectivity index (χ1v) is 8.81. The van der Waals surface area contributed by atoms with Crippen molar-refractivity contribution in [2.75, 3.05) is 10.6 Å². The number of nitrogens with zero attached hydrogens (tertiary/aromatic N) is 2. The number of carbonyl (C=O) groups is 1. The molecule has 0 fully saturated rings. The Balaban J connectivity index is 1.81. The van der Waals surface area contributed by atoms with Crippen molar-refractivity contribution >= 4 is 23.1 Å². The standard InChI is InChI=1S/C21H20F2N4O/c1-12(2)14-7-9-15(10-8-14)26-21(28)18-11-19(25-13(3)24-18)27-20-16(22)5-4-6-17(20)23/h4-12H,1-3H3,(H,26,28)(H,24,25,27). The van der Waals surface area contributed by atoms with Gasteiger partial charge in [-0.25, -0.2) is 18.7 Å². The Bertz CT molecular complexity index is 984. The first kappa shape index (κ1) is 19.4. The van der Waals surface area contributed by atoms with Gasteiger partial charge in [0.05, 0.1) is 0 Å². The minimum Gasteiger partial charge on any atom is -0.335 e. The van der Waals surface area contributed by atoms with Gasteiger partial charge in [0, 0.05) is 11.8 Å². The van der Waals surface area contributed by atoms with Gasteiger partial charge in [0.2, 0.25) is 0 Å². The van der Waals surface area contributed by atoms with Crippen molar-refractivity contribution in [3.8, 4) is 0 Å². The van der Waals surface area contributed by atoms with Gasteiger partial charge in [0.1, 0.15) is 34.7 Å². The number of aryl methyl sites for hydroxylation is 1. The molecule has 144 valence electrons. The smallest absolute Gasteiger partial charge is 0.274 e. The lowest BCUT2D eigenvalue weighted by Crippen LogP contribution is -2.15. The van der Waals surface area contributed by atoms with Crippen LogP contribution in [0.1, 0.15) is 41.6 Å². The normalized spacial score (nSPS) is 10.8. The second-order valence-corrected chi connectivity index (χ2v) is 6.64. The van der Waals surface area contributed by atoms with Gasteiger partial charge in [-0.1, -0.05) is 32.0 Å². The van der Waals surface area contributed by atoms with E-state index >= 15 is 0 Å². The highest BCUT2D eigenvalue weighted by atomic mass is 19.1. The number of anilines is 3. The Kier molecular flexibility index (Phi) is 5.63. The van der Waals surface area contributed by atoms with Crippen molar-refractivity contribution in [3.63, 3.8) is 0 Å². The van der Waals surface area contributed by atoms with Gasteiger partial charge in [-0.15, -0.1) is 0 Å². The summed E-state index contributed by atoms with van der Waals surface area (Å²) in [4.78, 5) is 20.8. The third-order valence-electron chi connectivity index (χ3n) is 4.12. The first-order valence-electron chi connectivity index (χ1n) is 8.81. The lowest BCUT2D eigenvalue weighted by molar-refractivity contribution is 0.102.